The summed E-state index contributed by atoms with van der Waals surface area (Å²) in [5, 5.41) is 1.07. The molecule has 8 heteroatoms. The van der Waals surface area contributed by atoms with E-state index in [9.17, 15) is 0 Å². The van der Waals surface area contributed by atoms with Gasteiger partial charge >= 0.3 is 0 Å². The van der Waals surface area contributed by atoms with Crippen LogP contribution in [0.1, 0.15) is 45.0 Å². The Kier molecular flexibility index (Phi) is 10.3. The number of aliphatic imine (C=N–C) groups is 1. The summed E-state index contributed by atoms with van der Waals surface area (Å²) in [7, 11) is 0. The third-order valence-electron chi connectivity index (χ3n) is 13.7. The van der Waals surface area contributed by atoms with Gasteiger partial charge < -0.3 is 9.80 Å². The normalized spacial score (nSPS) is 19.9. The van der Waals surface area contributed by atoms with Crippen molar-refractivity contribution < 1.29 is 9.59 Å². The zero-order valence-electron chi connectivity index (χ0n) is 36.3. The summed E-state index contributed by atoms with van der Waals surface area (Å²) in [5.41, 5.74) is 7.06. The number of nitrogens with zero attached hydrogens (tertiary/aromatic N) is 4. The lowest BCUT2D eigenvalue weighted by molar-refractivity contribution is -0.131. The highest BCUT2D eigenvalue weighted by Crippen LogP contribution is 2.60. The Morgan fingerprint density at radius 3 is 1.45 bits per heavy atom. The van der Waals surface area contributed by atoms with Crippen LogP contribution in [0.3, 0.4) is 0 Å². The van der Waals surface area contributed by atoms with E-state index in [1.54, 1.807) is 0 Å². The third kappa shape index (κ3) is 6.27. The van der Waals surface area contributed by atoms with Gasteiger partial charge in [0.25, 0.3) is 0 Å². The second kappa shape index (κ2) is 16.3. The molecule has 2 saturated heterocycles. The van der Waals surface area contributed by atoms with Crippen LogP contribution in [0, 0.1) is 13.8 Å². The summed E-state index contributed by atoms with van der Waals surface area (Å²) >= 11 is 13.7. The van der Waals surface area contributed by atoms with Crippen molar-refractivity contribution in [1.82, 2.24) is 0 Å². The van der Waals surface area contributed by atoms with Crippen LogP contribution in [0.25, 0.3) is 0 Å². The molecule has 0 spiro atoms. The van der Waals surface area contributed by atoms with Gasteiger partial charge in [-0.15, -0.1) is 0 Å². The molecule has 3 atom stereocenters. The molecule has 3 unspecified atom stereocenters. The fourth-order valence-electron chi connectivity index (χ4n) is 10.8. The Balaban J connectivity index is 1.31. The van der Waals surface area contributed by atoms with E-state index in [0.29, 0.717) is 27.1 Å². The maximum Gasteiger partial charge on any atom is 0.248 e. The third-order valence-corrected chi connectivity index (χ3v) is 14.2. The molecule has 3 aliphatic rings. The van der Waals surface area contributed by atoms with Gasteiger partial charge in [-0.1, -0.05) is 180 Å². The van der Waals surface area contributed by atoms with Gasteiger partial charge in [-0.25, -0.2) is 0 Å². The predicted molar refractivity (Wildman–Crippen MR) is 267 cm³/mol. The Morgan fingerprint density at radius 1 is 0.470 bits per heavy atom. The van der Waals surface area contributed by atoms with Gasteiger partial charge in [-0.05, 0) is 103 Å². The molecule has 322 valence electrons. The van der Waals surface area contributed by atoms with E-state index in [-0.39, 0.29) is 11.8 Å². The van der Waals surface area contributed by atoms with E-state index in [2.05, 4.69) is 48.2 Å². The van der Waals surface area contributed by atoms with Crippen molar-refractivity contribution in [3.05, 3.63) is 261 Å². The van der Waals surface area contributed by atoms with Gasteiger partial charge in [0, 0.05) is 32.7 Å². The van der Waals surface area contributed by atoms with Crippen LogP contribution in [0.4, 0.5) is 22.7 Å². The van der Waals surface area contributed by atoms with Crippen molar-refractivity contribution in [1.29, 1.82) is 0 Å². The smallest absolute Gasteiger partial charge is 0.248 e. The lowest BCUT2D eigenvalue weighted by Gasteiger charge is -2.62. The first-order valence-corrected chi connectivity index (χ1v) is 22.9. The summed E-state index contributed by atoms with van der Waals surface area (Å²) in [4.78, 5) is 44.9. The largest absolute Gasteiger partial charge is 0.338 e. The van der Waals surface area contributed by atoms with Crippen molar-refractivity contribution in [2.75, 3.05) is 14.7 Å². The minimum Gasteiger partial charge on any atom is -0.338 e. The first-order valence-electron chi connectivity index (χ1n) is 22.2. The molecule has 0 saturated carbocycles. The number of β-lactam (4-membered cyclic amide) rings is 1. The quantitative estimate of drug-likeness (QED) is 0.143. The molecule has 8 aromatic rings. The van der Waals surface area contributed by atoms with Crippen LogP contribution in [0.5, 0.6) is 0 Å². The van der Waals surface area contributed by atoms with Gasteiger partial charge in [0.1, 0.15) is 17.0 Å². The lowest BCUT2D eigenvalue weighted by atomic mass is 9.61. The predicted octanol–water partition coefficient (Wildman–Crippen LogP) is 13.0. The molecule has 6 nitrogen and oxygen atoms in total. The Morgan fingerprint density at radius 2 is 0.924 bits per heavy atom. The molecule has 3 heterocycles. The van der Waals surface area contributed by atoms with Crippen molar-refractivity contribution in [3.8, 4) is 0 Å². The number of hydrogen-bond donors (Lipinski definition) is 0. The van der Waals surface area contributed by atoms with Crippen LogP contribution < -0.4 is 14.7 Å². The van der Waals surface area contributed by atoms with E-state index in [4.69, 9.17) is 28.2 Å². The minimum atomic E-state index is -1.50. The number of anilines is 3. The van der Waals surface area contributed by atoms with Gasteiger partial charge in [0.05, 0.1) is 23.5 Å². The second-order valence-electron chi connectivity index (χ2n) is 17.4. The van der Waals surface area contributed by atoms with Gasteiger partial charge in [0.2, 0.25) is 11.8 Å². The number of carbonyl (C=O) groups excluding carboxylic acids is 2. The minimum absolute atomic E-state index is 0.0661. The van der Waals surface area contributed by atoms with Crippen LogP contribution in [-0.4, -0.2) is 29.7 Å². The molecule has 2 amide bonds. The second-order valence-corrected chi connectivity index (χ2v) is 18.3. The summed E-state index contributed by atoms with van der Waals surface area (Å²) in [6, 6.07) is 68.5. The maximum atomic E-state index is 16.8. The fourth-order valence-corrected chi connectivity index (χ4v) is 11.1. The number of carbonyl (C=O) groups is 2. The van der Waals surface area contributed by atoms with Crippen molar-refractivity contribution >= 4 is 63.5 Å². The van der Waals surface area contributed by atoms with E-state index in [1.165, 1.54) is 0 Å². The van der Waals surface area contributed by atoms with E-state index < -0.39 is 29.1 Å². The number of piperidine rings is 1. The van der Waals surface area contributed by atoms with Crippen LogP contribution >= 0.6 is 23.2 Å². The van der Waals surface area contributed by atoms with Gasteiger partial charge in [0.15, 0.2) is 0 Å². The highest BCUT2D eigenvalue weighted by molar-refractivity contribution is 6.32. The lowest BCUT2D eigenvalue weighted by Crippen LogP contribution is -2.80. The molecule has 8 aromatic carbocycles. The molecule has 0 aliphatic carbocycles. The zero-order valence-corrected chi connectivity index (χ0v) is 37.8. The van der Waals surface area contributed by atoms with Crippen LogP contribution in [0.2, 0.25) is 10.0 Å². The number of fused-ring (bicyclic) bond motifs is 3. The first kappa shape index (κ1) is 41.5. The van der Waals surface area contributed by atoms with Gasteiger partial charge in [-0.3, -0.25) is 19.5 Å². The van der Waals surface area contributed by atoms with Crippen molar-refractivity contribution in [2.45, 2.75) is 42.9 Å². The van der Waals surface area contributed by atoms with Crippen LogP contribution in [-0.2, 0) is 20.4 Å². The monoisotopic (exact) mass is 898 g/mol. The van der Waals surface area contributed by atoms with E-state index in [1.807, 2.05) is 193 Å². The summed E-state index contributed by atoms with van der Waals surface area (Å²) in [6.45, 7) is 4.10. The van der Waals surface area contributed by atoms with Crippen molar-refractivity contribution in [2.24, 2.45) is 4.99 Å². The fraction of sp³-hybridized carbons (Fsp3) is 0.121. The average Bonchev–Trinajstić information content (AvgIpc) is 3.66. The highest BCUT2D eigenvalue weighted by atomic mass is 35.5. The Bertz CT molecular complexity index is 3050. The maximum absolute atomic E-state index is 16.8. The first-order chi connectivity index (χ1) is 32.2. The summed E-state index contributed by atoms with van der Waals surface area (Å²) in [5.74, 6) is -0.247. The van der Waals surface area contributed by atoms with Gasteiger partial charge in [-0.2, -0.15) is 0 Å². The number of halogens is 2. The van der Waals surface area contributed by atoms with Crippen molar-refractivity contribution in [3.63, 3.8) is 0 Å². The Hall–Kier alpha value is -7.25. The number of benzene rings is 8. The number of amides is 2. The SMILES string of the molecule is Cc1ccc(N=C2C3C(c4cc(Cl)ccc4N3C3N(c4ccc(C)cc4)C(=O)C3(c3ccccc3)c3ccccc3)N(c3ccc(Cl)cc3)C(=O)C2(c2ccccc2)c2ccccc2)cc1. The average molecular weight is 900 g/mol. The number of aryl methyl sites for hydroxylation is 2. The topological polar surface area (TPSA) is 56.2 Å². The molecule has 2 fully saturated rings. The summed E-state index contributed by atoms with van der Waals surface area (Å²) in [6.07, 6.45) is -0.694. The Labute approximate surface area is 395 Å². The molecule has 11 rings (SSSR count). The summed E-state index contributed by atoms with van der Waals surface area (Å²) < 4.78 is 0. The molecule has 66 heavy (non-hydrogen) atoms. The zero-order chi connectivity index (χ0) is 45.2. The molecule has 3 aliphatic heterocycles. The van der Waals surface area contributed by atoms with E-state index >= 15 is 9.59 Å². The molecule has 0 aromatic heterocycles. The number of hydrogen-bond acceptors (Lipinski definition) is 4. The molecule has 0 radical (unpaired) electrons. The highest BCUT2D eigenvalue weighted by Gasteiger charge is 2.71. The molecule has 0 N–H and O–H groups in total. The standard InChI is InChI=1S/C58H44Cl2N4O2/c1-38-23-30-46(31-24-38)61-53-52-51(62(47-34-27-44(59)28-35-47)55(65)57(53,40-15-7-3-8-16-40)41-17-9-4-10-18-41)49-37-45(60)29-36-50(49)64(52)54-58(42-19-11-5-12-20-42,43-21-13-6-14-22-43)56(66)63(54)48-32-25-39(2)26-33-48/h3-37,51-52,54H,1-2H3. The van der Waals surface area contributed by atoms with Crippen LogP contribution in [0.15, 0.2) is 217 Å². The number of rotatable bonds is 8. The molecular formula is C58H44Cl2N4O2. The molecular weight excluding hydrogens is 856 g/mol. The molecule has 0 bridgehead atoms. The van der Waals surface area contributed by atoms with E-state index in [0.717, 1.165) is 50.3 Å².